The van der Waals surface area contributed by atoms with Crippen LogP contribution in [0.2, 0.25) is 0 Å². The van der Waals surface area contributed by atoms with Gasteiger partial charge in [0.2, 0.25) is 0 Å². The summed E-state index contributed by atoms with van der Waals surface area (Å²) in [6.07, 6.45) is 4.21. The van der Waals surface area contributed by atoms with Crippen LogP contribution in [0.1, 0.15) is 32.4 Å². The summed E-state index contributed by atoms with van der Waals surface area (Å²) < 4.78 is 10.9. The molecule has 0 spiro atoms. The van der Waals surface area contributed by atoms with Gasteiger partial charge in [0.1, 0.15) is 5.76 Å². The Morgan fingerprint density at radius 1 is 1.40 bits per heavy atom. The third-order valence-electron chi connectivity index (χ3n) is 4.32. The van der Waals surface area contributed by atoms with Gasteiger partial charge in [-0.15, -0.1) is 24.0 Å². The number of nitrogens with zero attached hydrogens (tertiary/aromatic N) is 1. The molecule has 25 heavy (non-hydrogen) atoms. The van der Waals surface area contributed by atoms with E-state index in [9.17, 15) is 5.11 Å². The fourth-order valence-corrected chi connectivity index (χ4v) is 2.77. The zero-order chi connectivity index (χ0) is 17.3. The van der Waals surface area contributed by atoms with Gasteiger partial charge in [-0.25, -0.2) is 0 Å². The van der Waals surface area contributed by atoms with Crippen molar-refractivity contribution in [2.75, 3.05) is 39.5 Å². The molecular weight excluding hydrogens is 433 g/mol. The Hall–Kier alpha value is -0.800. The van der Waals surface area contributed by atoms with Crippen LogP contribution in [0.15, 0.2) is 27.8 Å². The Kier molecular flexibility index (Phi) is 10.4. The molecule has 0 amide bonds. The van der Waals surface area contributed by atoms with Crippen LogP contribution in [-0.2, 0) is 11.2 Å². The van der Waals surface area contributed by atoms with Crippen molar-refractivity contribution in [3.8, 4) is 0 Å². The number of halogens is 1. The molecule has 0 bridgehead atoms. The van der Waals surface area contributed by atoms with E-state index in [-0.39, 0.29) is 36.0 Å². The molecule has 144 valence electrons. The van der Waals surface area contributed by atoms with Gasteiger partial charge >= 0.3 is 0 Å². The van der Waals surface area contributed by atoms with Crippen molar-refractivity contribution >= 4 is 29.9 Å². The van der Waals surface area contributed by atoms with Gasteiger partial charge in [-0.2, -0.15) is 0 Å². The lowest BCUT2D eigenvalue weighted by atomic mass is 9.84. The lowest BCUT2D eigenvalue weighted by molar-refractivity contribution is 0.131. The summed E-state index contributed by atoms with van der Waals surface area (Å²) in [6, 6.07) is 3.88. The summed E-state index contributed by atoms with van der Waals surface area (Å²) in [5, 5.41) is 16.1. The zero-order valence-corrected chi connectivity index (χ0v) is 17.6. The second kappa shape index (κ2) is 11.7. The van der Waals surface area contributed by atoms with Crippen molar-refractivity contribution in [1.82, 2.24) is 10.6 Å². The lowest BCUT2D eigenvalue weighted by Crippen LogP contribution is -2.41. The minimum atomic E-state index is -0.0256. The molecule has 0 aliphatic carbocycles. The minimum Gasteiger partial charge on any atom is -0.469 e. The van der Waals surface area contributed by atoms with E-state index in [4.69, 9.17) is 14.1 Å². The molecule has 2 heterocycles. The van der Waals surface area contributed by atoms with E-state index in [1.54, 1.807) is 6.26 Å². The van der Waals surface area contributed by atoms with Crippen LogP contribution < -0.4 is 10.6 Å². The van der Waals surface area contributed by atoms with Crippen molar-refractivity contribution in [3.63, 3.8) is 0 Å². The van der Waals surface area contributed by atoms with E-state index in [1.807, 2.05) is 12.1 Å². The van der Waals surface area contributed by atoms with Crippen LogP contribution in [-0.4, -0.2) is 50.5 Å². The highest BCUT2D eigenvalue weighted by atomic mass is 127. The Morgan fingerprint density at radius 3 is 2.84 bits per heavy atom. The maximum atomic E-state index is 9.33. The SMILES string of the molecule is CC(C)CNC(=NCC1(CCO)CCOC1)NCCc1ccco1.I. The van der Waals surface area contributed by atoms with Crippen LogP contribution in [0, 0.1) is 11.3 Å². The van der Waals surface area contributed by atoms with Crippen molar-refractivity contribution in [2.24, 2.45) is 16.3 Å². The molecule has 1 aliphatic heterocycles. The topological polar surface area (TPSA) is 79.0 Å². The fraction of sp³-hybridized carbons (Fsp3) is 0.722. The van der Waals surface area contributed by atoms with Gasteiger partial charge in [-0.3, -0.25) is 4.99 Å². The number of hydrogen-bond acceptors (Lipinski definition) is 4. The molecule has 1 unspecified atom stereocenters. The third kappa shape index (κ3) is 7.96. The van der Waals surface area contributed by atoms with Gasteiger partial charge in [-0.05, 0) is 30.9 Å². The summed E-state index contributed by atoms with van der Waals surface area (Å²) in [7, 11) is 0. The summed E-state index contributed by atoms with van der Waals surface area (Å²) in [4.78, 5) is 4.76. The van der Waals surface area contributed by atoms with Crippen molar-refractivity contribution in [2.45, 2.75) is 33.1 Å². The standard InChI is InChI=1S/C18H31N3O3.HI/c1-15(2)12-20-17(19-8-5-16-4-3-10-24-16)21-13-18(6-9-22)7-11-23-14-18;/h3-4,10,15,22H,5-9,11-14H2,1-2H3,(H2,19,20,21);1H. The van der Waals surface area contributed by atoms with Crippen molar-refractivity contribution in [3.05, 3.63) is 24.2 Å². The number of ether oxygens (including phenoxy) is 1. The van der Waals surface area contributed by atoms with E-state index in [1.165, 1.54) is 0 Å². The molecule has 1 atom stereocenters. The van der Waals surface area contributed by atoms with Crippen LogP contribution in [0.4, 0.5) is 0 Å². The van der Waals surface area contributed by atoms with E-state index in [0.717, 1.165) is 50.7 Å². The average molecular weight is 465 g/mol. The molecule has 0 radical (unpaired) electrons. The number of rotatable bonds is 9. The number of guanidine groups is 1. The maximum Gasteiger partial charge on any atom is 0.191 e. The van der Waals surface area contributed by atoms with Gasteiger partial charge in [0.25, 0.3) is 0 Å². The van der Waals surface area contributed by atoms with Gasteiger partial charge in [-0.1, -0.05) is 13.8 Å². The molecule has 7 heteroatoms. The minimum absolute atomic E-state index is 0. The third-order valence-corrected chi connectivity index (χ3v) is 4.32. The number of hydrogen-bond donors (Lipinski definition) is 3. The van der Waals surface area contributed by atoms with Gasteiger partial charge in [0.05, 0.1) is 19.4 Å². The van der Waals surface area contributed by atoms with E-state index < -0.39 is 0 Å². The summed E-state index contributed by atoms with van der Waals surface area (Å²) in [6.45, 7) is 8.27. The Bertz CT molecular complexity index is 486. The first kappa shape index (κ1) is 22.2. The molecule has 1 fully saturated rings. The number of nitrogens with one attached hydrogen (secondary N) is 2. The van der Waals surface area contributed by atoms with Gasteiger partial charge in [0, 0.05) is 38.1 Å². The van der Waals surface area contributed by atoms with Gasteiger partial charge < -0.3 is 24.9 Å². The number of aliphatic imine (C=N–C) groups is 1. The Morgan fingerprint density at radius 2 is 2.24 bits per heavy atom. The van der Waals surface area contributed by atoms with E-state index in [0.29, 0.717) is 19.1 Å². The van der Waals surface area contributed by atoms with Crippen LogP contribution in [0.5, 0.6) is 0 Å². The first-order valence-electron chi connectivity index (χ1n) is 8.87. The monoisotopic (exact) mass is 465 g/mol. The molecular formula is C18H32IN3O3. The smallest absolute Gasteiger partial charge is 0.191 e. The quantitative estimate of drug-likeness (QED) is 0.297. The first-order valence-corrected chi connectivity index (χ1v) is 8.87. The summed E-state index contributed by atoms with van der Waals surface area (Å²) in [5.74, 6) is 2.33. The first-order chi connectivity index (χ1) is 11.6. The molecule has 0 aromatic carbocycles. The molecule has 1 aromatic heterocycles. The molecule has 2 rings (SSSR count). The molecule has 1 aromatic rings. The average Bonchev–Trinajstić information content (AvgIpc) is 3.22. The van der Waals surface area contributed by atoms with Crippen molar-refractivity contribution in [1.29, 1.82) is 0 Å². The molecule has 0 saturated carbocycles. The number of aliphatic hydroxyl groups is 1. The highest BCUT2D eigenvalue weighted by Crippen LogP contribution is 2.32. The normalized spacial score (nSPS) is 20.6. The highest BCUT2D eigenvalue weighted by Gasteiger charge is 2.34. The largest absolute Gasteiger partial charge is 0.469 e. The summed E-state index contributed by atoms with van der Waals surface area (Å²) in [5.41, 5.74) is -0.0256. The Balaban J connectivity index is 0.00000312. The van der Waals surface area contributed by atoms with Crippen molar-refractivity contribution < 1.29 is 14.3 Å². The highest BCUT2D eigenvalue weighted by molar-refractivity contribution is 14.0. The maximum absolute atomic E-state index is 9.33. The van der Waals surface area contributed by atoms with Gasteiger partial charge in [0.15, 0.2) is 5.96 Å². The predicted molar refractivity (Wildman–Crippen MR) is 111 cm³/mol. The van der Waals surface area contributed by atoms with E-state index >= 15 is 0 Å². The van der Waals surface area contributed by atoms with Crippen LogP contribution in [0.25, 0.3) is 0 Å². The second-order valence-corrected chi connectivity index (χ2v) is 6.97. The second-order valence-electron chi connectivity index (χ2n) is 6.97. The number of furan rings is 1. The number of aliphatic hydroxyl groups excluding tert-OH is 1. The predicted octanol–water partition coefficient (Wildman–Crippen LogP) is 2.42. The van der Waals surface area contributed by atoms with E-state index in [2.05, 4.69) is 24.5 Å². The molecule has 3 N–H and O–H groups in total. The Labute approximate surface area is 167 Å². The zero-order valence-electron chi connectivity index (χ0n) is 15.3. The van der Waals surface area contributed by atoms with Crippen LogP contribution >= 0.6 is 24.0 Å². The lowest BCUT2D eigenvalue weighted by Gasteiger charge is -2.25. The van der Waals surface area contributed by atoms with Crippen LogP contribution in [0.3, 0.4) is 0 Å². The summed E-state index contributed by atoms with van der Waals surface area (Å²) >= 11 is 0. The molecule has 6 nitrogen and oxygen atoms in total. The molecule has 1 aliphatic rings. The molecule has 1 saturated heterocycles. The fourth-order valence-electron chi connectivity index (χ4n) is 2.77.